The third-order valence-corrected chi connectivity index (χ3v) is 2.23. The Kier molecular flexibility index (Phi) is 5.71. The van der Waals surface area contributed by atoms with Gasteiger partial charge in [0.25, 0.3) is 0 Å². The van der Waals surface area contributed by atoms with Crippen LogP contribution in [0.15, 0.2) is 30.3 Å². The fourth-order valence-corrected chi connectivity index (χ4v) is 1.45. The Bertz CT molecular complexity index is 282. The summed E-state index contributed by atoms with van der Waals surface area (Å²) < 4.78 is 0. The van der Waals surface area contributed by atoms with E-state index in [1.807, 2.05) is 6.07 Å². The fraction of sp³-hybridized carbons (Fsp3) is 0.385. The first-order valence-corrected chi connectivity index (χ1v) is 5.38. The zero-order valence-corrected chi connectivity index (χ0v) is 9.04. The van der Waals surface area contributed by atoms with E-state index in [2.05, 4.69) is 36.5 Å². The molecule has 0 aromatic heterocycles. The number of hydrogen-bond donors (Lipinski definition) is 1. The van der Waals surface area contributed by atoms with E-state index in [9.17, 15) is 4.79 Å². The summed E-state index contributed by atoms with van der Waals surface area (Å²) in [7, 11) is 0. The first kappa shape index (κ1) is 11.9. The van der Waals surface area contributed by atoms with Crippen molar-refractivity contribution in [3.63, 3.8) is 0 Å². The molecule has 0 aliphatic carbocycles. The summed E-state index contributed by atoms with van der Waals surface area (Å²) in [5.41, 5.74) is 1.38. The zero-order valence-electron chi connectivity index (χ0n) is 9.04. The number of aryl methyl sites for hydroxylation is 1. The molecule has 1 aromatic rings. The molecule has 0 saturated heterocycles. The van der Waals surface area contributed by atoms with Gasteiger partial charge in [-0.1, -0.05) is 30.3 Å². The van der Waals surface area contributed by atoms with E-state index in [4.69, 9.17) is 0 Å². The lowest BCUT2D eigenvalue weighted by molar-refractivity contribution is -0.114. The van der Waals surface area contributed by atoms with Gasteiger partial charge >= 0.3 is 0 Å². The number of carbonyl (C=O) groups excluding carboxylic acids is 1. The van der Waals surface area contributed by atoms with Crippen LogP contribution in [0.25, 0.3) is 0 Å². The third kappa shape index (κ3) is 6.02. The van der Waals surface area contributed by atoms with Crippen LogP contribution >= 0.6 is 0 Å². The Hall–Kier alpha value is -1.15. The average Bonchev–Trinajstić information content (AvgIpc) is 2.24. The number of nitrogens with one attached hydrogen (secondary N) is 1. The van der Waals surface area contributed by atoms with Crippen molar-refractivity contribution in [3.8, 4) is 0 Å². The van der Waals surface area contributed by atoms with Crippen LogP contribution in [0.1, 0.15) is 18.4 Å². The van der Waals surface area contributed by atoms with Crippen LogP contribution in [0, 0.1) is 6.92 Å². The zero-order chi connectivity index (χ0) is 10.9. The van der Waals surface area contributed by atoms with Crippen molar-refractivity contribution in [2.75, 3.05) is 13.1 Å². The van der Waals surface area contributed by atoms with E-state index in [1.165, 1.54) is 5.56 Å². The molecular weight excluding hydrogens is 186 g/mol. The molecule has 0 atom stereocenters. The molecule has 0 saturated carbocycles. The first-order chi connectivity index (χ1) is 7.29. The van der Waals surface area contributed by atoms with Crippen LogP contribution in [-0.4, -0.2) is 18.9 Å². The number of benzene rings is 1. The molecule has 0 aliphatic heterocycles. The SMILES string of the molecule is [CH2]C(=O)CNCCCCc1ccccc1. The quantitative estimate of drug-likeness (QED) is 0.688. The highest BCUT2D eigenvalue weighted by molar-refractivity contribution is 5.84. The molecule has 0 amide bonds. The second-order valence-electron chi connectivity index (χ2n) is 3.66. The molecule has 0 spiro atoms. The maximum Gasteiger partial charge on any atom is 0.147 e. The molecule has 0 bridgehead atoms. The van der Waals surface area contributed by atoms with E-state index in [-0.39, 0.29) is 5.78 Å². The van der Waals surface area contributed by atoms with Gasteiger partial charge < -0.3 is 5.32 Å². The van der Waals surface area contributed by atoms with E-state index in [1.54, 1.807) is 0 Å². The van der Waals surface area contributed by atoms with Gasteiger partial charge in [0, 0.05) is 6.92 Å². The highest BCUT2D eigenvalue weighted by Crippen LogP contribution is 2.03. The maximum atomic E-state index is 10.5. The van der Waals surface area contributed by atoms with Gasteiger partial charge in [-0.15, -0.1) is 0 Å². The Morgan fingerprint density at radius 2 is 1.93 bits per heavy atom. The lowest BCUT2D eigenvalue weighted by Crippen LogP contribution is -2.22. The van der Waals surface area contributed by atoms with Gasteiger partial charge in [-0.05, 0) is 31.4 Å². The molecule has 0 heterocycles. The van der Waals surface area contributed by atoms with Crippen molar-refractivity contribution in [2.45, 2.75) is 19.3 Å². The number of rotatable bonds is 7. The van der Waals surface area contributed by atoms with Crippen molar-refractivity contribution in [1.29, 1.82) is 0 Å². The molecule has 0 aliphatic rings. The summed E-state index contributed by atoms with van der Waals surface area (Å²) in [6.45, 7) is 4.59. The summed E-state index contributed by atoms with van der Waals surface area (Å²) >= 11 is 0. The number of hydrogen-bond acceptors (Lipinski definition) is 2. The van der Waals surface area contributed by atoms with Gasteiger partial charge in [-0.25, -0.2) is 0 Å². The minimum absolute atomic E-state index is 0.0435. The van der Waals surface area contributed by atoms with Crippen LogP contribution < -0.4 is 5.32 Å². The van der Waals surface area contributed by atoms with Gasteiger partial charge in [-0.3, -0.25) is 4.79 Å². The second kappa shape index (κ2) is 7.18. The van der Waals surface area contributed by atoms with Crippen LogP contribution in [0.5, 0.6) is 0 Å². The monoisotopic (exact) mass is 204 g/mol. The van der Waals surface area contributed by atoms with Crippen LogP contribution in [0.2, 0.25) is 0 Å². The number of unbranched alkanes of at least 4 members (excludes halogenated alkanes) is 1. The van der Waals surface area contributed by atoms with Crippen molar-refractivity contribution in [1.82, 2.24) is 5.32 Å². The maximum absolute atomic E-state index is 10.5. The summed E-state index contributed by atoms with van der Waals surface area (Å²) in [5, 5.41) is 3.06. The Morgan fingerprint density at radius 1 is 1.20 bits per heavy atom. The van der Waals surface area contributed by atoms with Crippen molar-refractivity contribution in [2.24, 2.45) is 0 Å². The Balaban J connectivity index is 2.00. The first-order valence-electron chi connectivity index (χ1n) is 5.38. The lowest BCUT2D eigenvalue weighted by atomic mass is 10.1. The summed E-state index contributed by atoms with van der Waals surface area (Å²) in [4.78, 5) is 10.5. The molecular formula is C13H18NO. The van der Waals surface area contributed by atoms with Gasteiger partial charge in [0.2, 0.25) is 0 Å². The van der Waals surface area contributed by atoms with Crippen molar-refractivity contribution in [3.05, 3.63) is 42.8 Å². The largest absolute Gasteiger partial charge is 0.310 e. The molecule has 2 heteroatoms. The van der Waals surface area contributed by atoms with Crippen LogP contribution in [-0.2, 0) is 11.2 Å². The van der Waals surface area contributed by atoms with Gasteiger partial charge in [-0.2, -0.15) is 0 Å². The predicted molar refractivity (Wildman–Crippen MR) is 62.6 cm³/mol. The molecule has 1 N–H and O–H groups in total. The topological polar surface area (TPSA) is 29.1 Å². The van der Waals surface area contributed by atoms with E-state index >= 15 is 0 Å². The summed E-state index contributed by atoms with van der Waals surface area (Å²) in [6, 6.07) is 10.5. The van der Waals surface area contributed by atoms with Crippen LogP contribution in [0.3, 0.4) is 0 Å². The predicted octanol–water partition coefficient (Wildman–Crippen LogP) is 2.00. The Labute approximate surface area is 91.7 Å². The average molecular weight is 204 g/mol. The second-order valence-corrected chi connectivity index (χ2v) is 3.66. The summed E-state index contributed by atoms with van der Waals surface area (Å²) in [6.07, 6.45) is 3.37. The molecule has 81 valence electrons. The molecule has 0 fully saturated rings. The van der Waals surface area contributed by atoms with Crippen molar-refractivity contribution >= 4 is 5.78 Å². The molecule has 15 heavy (non-hydrogen) atoms. The minimum atomic E-state index is -0.0435. The van der Waals surface area contributed by atoms with Crippen molar-refractivity contribution < 1.29 is 4.79 Å². The molecule has 1 aromatic carbocycles. The molecule has 2 nitrogen and oxygen atoms in total. The van der Waals surface area contributed by atoms with E-state index in [0.717, 1.165) is 25.8 Å². The smallest absolute Gasteiger partial charge is 0.147 e. The highest BCUT2D eigenvalue weighted by Gasteiger charge is 1.94. The number of carbonyl (C=O) groups is 1. The van der Waals surface area contributed by atoms with Gasteiger partial charge in [0.15, 0.2) is 0 Å². The van der Waals surface area contributed by atoms with E-state index < -0.39 is 0 Å². The highest BCUT2D eigenvalue weighted by atomic mass is 16.1. The number of ketones is 1. The van der Waals surface area contributed by atoms with E-state index in [0.29, 0.717) is 6.54 Å². The molecule has 0 unspecified atom stereocenters. The standard InChI is InChI=1S/C13H18NO/c1-12(15)11-14-10-6-5-9-13-7-3-2-4-8-13/h2-4,7-8,14H,1,5-6,9-11H2. The van der Waals surface area contributed by atoms with Gasteiger partial charge in [0.1, 0.15) is 5.78 Å². The molecule has 1 radical (unpaired) electrons. The minimum Gasteiger partial charge on any atom is -0.310 e. The summed E-state index contributed by atoms with van der Waals surface area (Å²) in [5.74, 6) is -0.0435. The van der Waals surface area contributed by atoms with Crippen LogP contribution in [0.4, 0.5) is 0 Å². The Morgan fingerprint density at radius 3 is 2.60 bits per heavy atom. The number of Topliss-reactive ketones (excluding diaryl/α,β-unsaturated/α-hetero) is 1. The fourth-order valence-electron chi connectivity index (χ4n) is 1.45. The normalized spacial score (nSPS) is 10.2. The third-order valence-electron chi connectivity index (χ3n) is 2.23. The lowest BCUT2D eigenvalue weighted by Gasteiger charge is -2.02. The molecule has 1 rings (SSSR count). The van der Waals surface area contributed by atoms with Gasteiger partial charge in [0.05, 0.1) is 6.54 Å².